The summed E-state index contributed by atoms with van der Waals surface area (Å²) in [7, 11) is 0. The molecule has 0 saturated carbocycles. The first-order chi connectivity index (χ1) is 6.74. The lowest BCUT2D eigenvalue weighted by atomic mass is 10.2. The molecule has 4 heteroatoms. The highest BCUT2D eigenvalue weighted by atomic mass is 32.2. The lowest BCUT2D eigenvalue weighted by Crippen LogP contribution is -2.30. The topological polar surface area (TPSA) is 38.3 Å². The summed E-state index contributed by atoms with van der Waals surface area (Å²) >= 11 is 1.64. The van der Waals surface area contributed by atoms with Crippen molar-refractivity contribution in [3.05, 3.63) is 0 Å². The second kappa shape index (κ2) is 9.34. The molecular weight excluding hydrogens is 198 g/mol. The summed E-state index contributed by atoms with van der Waals surface area (Å²) < 4.78 is 4.84. The Morgan fingerprint density at radius 3 is 2.64 bits per heavy atom. The van der Waals surface area contributed by atoms with E-state index in [-0.39, 0.29) is 5.97 Å². The zero-order valence-electron chi connectivity index (χ0n) is 9.34. The Balaban J connectivity index is 3.45. The SMILES string of the molecule is CCNC(CC)CSCC(=O)OCC. The number of carbonyl (C=O) groups is 1. The second-order valence-electron chi connectivity index (χ2n) is 2.98. The van der Waals surface area contributed by atoms with Crippen LogP contribution >= 0.6 is 11.8 Å². The number of rotatable bonds is 8. The van der Waals surface area contributed by atoms with Gasteiger partial charge in [0.2, 0.25) is 0 Å². The van der Waals surface area contributed by atoms with Crippen LogP contribution in [-0.4, -0.2) is 36.7 Å². The Hall–Kier alpha value is -0.220. The molecule has 0 aromatic heterocycles. The van der Waals surface area contributed by atoms with Crippen molar-refractivity contribution in [1.82, 2.24) is 5.32 Å². The molecule has 84 valence electrons. The summed E-state index contributed by atoms with van der Waals surface area (Å²) in [5, 5.41) is 3.37. The fraction of sp³-hybridized carbons (Fsp3) is 0.900. The minimum Gasteiger partial charge on any atom is -0.465 e. The highest BCUT2D eigenvalue weighted by molar-refractivity contribution is 7.99. The van der Waals surface area contributed by atoms with Crippen LogP contribution in [0.1, 0.15) is 27.2 Å². The molecule has 0 bridgehead atoms. The maximum absolute atomic E-state index is 11.0. The van der Waals surface area contributed by atoms with E-state index in [1.807, 2.05) is 6.92 Å². The van der Waals surface area contributed by atoms with Crippen LogP contribution in [0.25, 0.3) is 0 Å². The lowest BCUT2D eigenvalue weighted by molar-refractivity contribution is -0.139. The lowest BCUT2D eigenvalue weighted by Gasteiger charge is -2.14. The van der Waals surface area contributed by atoms with Gasteiger partial charge in [-0.3, -0.25) is 4.79 Å². The molecule has 0 heterocycles. The van der Waals surface area contributed by atoms with Gasteiger partial charge in [0.25, 0.3) is 0 Å². The molecule has 0 amide bonds. The molecule has 0 aromatic rings. The van der Waals surface area contributed by atoms with Crippen molar-refractivity contribution in [3.8, 4) is 0 Å². The Bertz CT molecular complexity index is 153. The van der Waals surface area contributed by atoms with Gasteiger partial charge in [0, 0.05) is 11.8 Å². The third-order valence-electron chi connectivity index (χ3n) is 1.83. The van der Waals surface area contributed by atoms with Crippen LogP contribution in [-0.2, 0) is 9.53 Å². The molecule has 14 heavy (non-hydrogen) atoms. The van der Waals surface area contributed by atoms with E-state index in [2.05, 4.69) is 19.2 Å². The smallest absolute Gasteiger partial charge is 0.315 e. The van der Waals surface area contributed by atoms with E-state index < -0.39 is 0 Å². The van der Waals surface area contributed by atoms with Crippen LogP contribution in [0.3, 0.4) is 0 Å². The van der Waals surface area contributed by atoms with Crippen LogP contribution in [0.4, 0.5) is 0 Å². The van der Waals surface area contributed by atoms with Crippen LogP contribution in [0.2, 0.25) is 0 Å². The van der Waals surface area contributed by atoms with E-state index in [0.29, 0.717) is 18.4 Å². The third-order valence-corrected chi connectivity index (χ3v) is 2.91. The van der Waals surface area contributed by atoms with Gasteiger partial charge in [-0.15, -0.1) is 11.8 Å². The minimum absolute atomic E-state index is 0.108. The number of hydrogen-bond acceptors (Lipinski definition) is 4. The number of hydrogen-bond donors (Lipinski definition) is 1. The predicted molar refractivity (Wildman–Crippen MR) is 61.7 cm³/mol. The summed E-state index contributed by atoms with van der Waals surface area (Å²) in [6.07, 6.45) is 1.10. The summed E-state index contributed by atoms with van der Waals surface area (Å²) in [5.74, 6) is 1.34. The minimum atomic E-state index is -0.108. The summed E-state index contributed by atoms with van der Waals surface area (Å²) in [4.78, 5) is 11.0. The van der Waals surface area contributed by atoms with Gasteiger partial charge in [-0.2, -0.15) is 0 Å². The molecule has 0 aliphatic carbocycles. The molecule has 0 aliphatic heterocycles. The average Bonchev–Trinajstić information content (AvgIpc) is 2.17. The molecular formula is C10H21NO2S. The van der Waals surface area contributed by atoms with Crippen LogP contribution < -0.4 is 5.32 Å². The molecule has 0 rings (SSSR count). The van der Waals surface area contributed by atoms with Crippen LogP contribution in [0, 0.1) is 0 Å². The maximum atomic E-state index is 11.0. The standard InChI is InChI=1S/C10H21NO2S/c1-4-9(11-5-2)7-14-8-10(12)13-6-3/h9,11H,4-8H2,1-3H3. The Morgan fingerprint density at radius 1 is 1.43 bits per heavy atom. The normalized spacial score (nSPS) is 12.5. The van der Waals surface area contributed by atoms with Gasteiger partial charge in [-0.05, 0) is 19.9 Å². The van der Waals surface area contributed by atoms with Gasteiger partial charge < -0.3 is 10.1 Å². The Kier molecular flexibility index (Phi) is 9.19. The molecule has 0 aromatic carbocycles. The van der Waals surface area contributed by atoms with Gasteiger partial charge in [0.05, 0.1) is 12.4 Å². The molecule has 0 fully saturated rings. The zero-order valence-corrected chi connectivity index (χ0v) is 10.2. The number of esters is 1. The Labute approximate surface area is 91.0 Å². The molecule has 1 unspecified atom stereocenters. The average molecular weight is 219 g/mol. The van der Waals surface area contributed by atoms with Gasteiger partial charge in [-0.1, -0.05) is 13.8 Å². The number of carbonyl (C=O) groups excluding carboxylic acids is 1. The molecule has 0 radical (unpaired) electrons. The maximum Gasteiger partial charge on any atom is 0.315 e. The van der Waals surface area contributed by atoms with Crippen molar-refractivity contribution >= 4 is 17.7 Å². The number of ether oxygens (including phenoxy) is 1. The van der Waals surface area contributed by atoms with E-state index in [4.69, 9.17) is 4.74 Å². The van der Waals surface area contributed by atoms with Crippen molar-refractivity contribution < 1.29 is 9.53 Å². The largest absolute Gasteiger partial charge is 0.465 e. The molecule has 0 saturated heterocycles. The van der Waals surface area contributed by atoms with Gasteiger partial charge in [0.15, 0.2) is 0 Å². The van der Waals surface area contributed by atoms with Gasteiger partial charge in [-0.25, -0.2) is 0 Å². The fourth-order valence-electron chi connectivity index (χ4n) is 1.10. The predicted octanol–water partition coefficient (Wildman–Crippen LogP) is 1.67. The van der Waals surface area contributed by atoms with Crippen molar-refractivity contribution in [1.29, 1.82) is 0 Å². The van der Waals surface area contributed by atoms with Gasteiger partial charge in [0.1, 0.15) is 0 Å². The monoisotopic (exact) mass is 219 g/mol. The highest BCUT2D eigenvalue weighted by Gasteiger charge is 2.06. The second-order valence-corrected chi connectivity index (χ2v) is 4.01. The van der Waals surface area contributed by atoms with E-state index in [1.54, 1.807) is 11.8 Å². The molecule has 3 nitrogen and oxygen atoms in total. The summed E-state index contributed by atoms with van der Waals surface area (Å²) in [6.45, 7) is 7.54. The number of nitrogens with one attached hydrogen (secondary N) is 1. The zero-order chi connectivity index (χ0) is 10.8. The molecule has 0 aliphatic rings. The van der Waals surface area contributed by atoms with Crippen molar-refractivity contribution in [2.45, 2.75) is 33.2 Å². The molecule has 1 N–H and O–H groups in total. The van der Waals surface area contributed by atoms with Crippen molar-refractivity contribution in [3.63, 3.8) is 0 Å². The fourth-order valence-corrected chi connectivity index (χ4v) is 2.10. The van der Waals surface area contributed by atoms with E-state index >= 15 is 0 Å². The first kappa shape index (κ1) is 13.8. The molecule has 1 atom stereocenters. The van der Waals surface area contributed by atoms with E-state index in [1.165, 1.54) is 0 Å². The highest BCUT2D eigenvalue weighted by Crippen LogP contribution is 2.05. The summed E-state index contributed by atoms with van der Waals surface area (Å²) in [5.41, 5.74) is 0. The van der Waals surface area contributed by atoms with Crippen molar-refractivity contribution in [2.24, 2.45) is 0 Å². The summed E-state index contributed by atoms with van der Waals surface area (Å²) in [6, 6.07) is 0.513. The van der Waals surface area contributed by atoms with Crippen LogP contribution in [0.5, 0.6) is 0 Å². The number of thioether (sulfide) groups is 1. The third kappa shape index (κ3) is 7.21. The van der Waals surface area contributed by atoms with Gasteiger partial charge >= 0.3 is 5.97 Å². The van der Waals surface area contributed by atoms with Crippen LogP contribution in [0.15, 0.2) is 0 Å². The quantitative estimate of drug-likeness (QED) is 0.630. The Morgan fingerprint density at radius 2 is 2.14 bits per heavy atom. The van der Waals surface area contributed by atoms with E-state index in [9.17, 15) is 4.79 Å². The van der Waals surface area contributed by atoms with E-state index in [0.717, 1.165) is 18.7 Å². The van der Waals surface area contributed by atoms with Crippen molar-refractivity contribution in [2.75, 3.05) is 24.7 Å². The first-order valence-corrected chi connectivity index (χ1v) is 6.36. The first-order valence-electron chi connectivity index (χ1n) is 5.21. The molecule has 0 spiro atoms.